The smallest absolute Gasteiger partial charge is 0.140 e. The predicted molar refractivity (Wildman–Crippen MR) is 88.3 cm³/mol. The van der Waals surface area contributed by atoms with Crippen LogP contribution < -0.4 is 10.6 Å². The molecule has 2 aromatic rings. The normalized spacial score (nSPS) is 12.0. The van der Waals surface area contributed by atoms with Gasteiger partial charge in [-0.2, -0.15) is 0 Å². The van der Waals surface area contributed by atoms with Crippen LogP contribution in [0.1, 0.15) is 29.8 Å². The number of aryl methyl sites for hydroxylation is 1. The van der Waals surface area contributed by atoms with Crippen molar-refractivity contribution in [3.8, 4) is 0 Å². The first-order valence-electron chi connectivity index (χ1n) is 6.70. The molecule has 0 radical (unpaired) electrons. The van der Waals surface area contributed by atoms with Crippen molar-refractivity contribution in [3.63, 3.8) is 0 Å². The van der Waals surface area contributed by atoms with Crippen LogP contribution in [0.4, 0.5) is 5.82 Å². The molecule has 1 atom stereocenters. The number of aromatic nitrogens is 1. The number of anilines is 1. The van der Waals surface area contributed by atoms with E-state index in [1.807, 2.05) is 55.3 Å². The molecule has 5 heteroatoms. The minimum atomic E-state index is 0.0163. The lowest BCUT2D eigenvalue weighted by atomic mass is 10.1. The van der Waals surface area contributed by atoms with Gasteiger partial charge in [0.25, 0.3) is 0 Å². The molecule has 4 nitrogen and oxygen atoms in total. The second-order valence-electron chi connectivity index (χ2n) is 5.08. The van der Waals surface area contributed by atoms with E-state index < -0.39 is 0 Å². The molecule has 1 unspecified atom stereocenters. The lowest BCUT2D eigenvalue weighted by Crippen LogP contribution is -2.26. The first-order chi connectivity index (χ1) is 9.90. The summed E-state index contributed by atoms with van der Waals surface area (Å²) in [5, 5.41) is 8.42. The van der Waals surface area contributed by atoms with Gasteiger partial charge < -0.3 is 10.6 Å². The Morgan fingerprint density at radius 1 is 1.33 bits per heavy atom. The second-order valence-corrected chi connectivity index (χ2v) is 5.52. The number of pyridine rings is 1. The van der Waals surface area contributed by atoms with Crippen LogP contribution in [0.15, 0.2) is 36.4 Å². The van der Waals surface area contributed by atoms with E-state index in [-0.39, 0.29) is 11.9 Å². The van der Waals surface area contributed by atoms with Crippen LogP contribution in [0.2, 0.25) is 5.02 Å². The summed E-state index contributed by atoms with van der Waals surface area (Å²) in [5.41, 5.74) is 8.27. The van der Waals surface area contributed by atoms with Crippen molar-refractivity contribution in [3.05, 3.63) is 58.2 Å². The number of halogens is 1. The zero-order chi connectivity index (χ0) is 15.6. The first kappa shape index (κ1) is 15.3. The van der Waals surface area contributed by atoms with Crippen LogP contribution in [0.25, 0.3) is 0 Å². The SMILES string of the molecule is Cc1ccc(C(=N)N)c(N(C)C(C)c2cccc(Cl)c2)n1. The molecule has 110 valence electrons. The largest absolute Gasteiger partial charge is 0.384 e. The number of amidine groups is 1. The summed E-state index contributed by atoms with van der Waals surface area (Å²) < 4.78 is 0. The summed E-state index contributed by atoms with van der Waals surface area (Å²) in [5.74, 6) is 0.720. The van der Waals surface area contributed by atoms with E-state index in [4.69, 9.17) is 22.7 Å². The monoisotopic (exact) mass is 302 g/mol. The fourth-order valence-corrected chi connectivity index (χ4v) is 2.39. The Kier molecular flexibility index (Phi) is 4.48. The maximum atomic E-state index is 7.71. The van der Waals surface area contributed by atoms with Crippen LogP contribution in [0.3, 0.4) is 0 Å². The van der Waals surface area contributed by atoms with E-state index in [1.165, 1.54) is 0 Å². The van der Waals surface area contributed by atoms with Gasteiger partial charge in [0.15, 0.2) is 0 Å². The van der Waals surface area contributed by atoms with Gasteiger partial charge in [-0.3, -0.25) is 5.41 Å². The molecule has 3 N–H and O–H groups in total. The van der Waals surface area contributed by atoms with Crippen LogP contribution in [0, 0.1) is 12.3 Å². The van der Waals surface area contributed by atoms with E-state index in [2.05, 4.69) is 11.9 Å². The maximum Gasteiger partial charge on any atom is 0.140 e. The summed E-state index contributed by atoms with van der Waals surface area (Å²) >= 11 is 6.06. The predicted octanol–water partition coefficient (Wildman–Crippen LogP) is 3.52. The number of hydrogen-bond acceptors (Lipinski definition) is 3. The van der Waals surface area contributed by atoms with Crippen molar-refractivity contribution in [2.24, 2.45) is 5.73 Å². The summed E-state index contributed by atoms with van der Waals surface area (Å²) in [6.45, 7) is 3.99. The van der Waals surface area contributed by atoms with Gasteiger partial charge in [0, 0.05) is 17.8 Å². The van der Waals surface area contributed by atoms with Crippen molar-refractivity contribution in [2.45, 2.75) is 19.9 Å². The number of nitrogens with two attached hydrogens (primary N) is 1. The Morgan fingerprint density at radius 2 is 2.05 bits per heavy atom. The van der Waals surface area contributed by atoms with Crippen molar-refractivity contribution in [1.82, 2.24) is 4.98 Å². The Labute approximate surface area is 130 Å². The lowest BCUT2D eigenvalue weighted by Gasteiger charge is -2.28. The molecule has 21 heavy (non-hydrogen) atoms. The van der Waals surface area contributed by atoms with E-state index >= 15 is 0 Å². The topological polar surface area (TPSA) is 66.0 Å². The van der Waals surface area contributed by atoms with Crippen LogP contribution in [-0.4, -0.2) is 17.9 Å². The summed E-state index contributed by atoms with van der Waals surface area (Å²) in [6, 6.07) is 11.5. The molecule has 0 saturated carbocycles. The van der Waals surface area contributed by atoms with E-state index in [9.17, 15) is 0 Å². The molecule has 0 fully saturated rings. The van der Waals surface area contributed by atoms with E-state index in [0.29, 0.717) is 16.4 Å². The van der Waals surface area contributed by atoms with E-state index in [1.54, 1.807) is 0 Å². The molecule has 0 aliphatic heterocycles. The molecule has 0 amide bonds. The third kappa shape index (κ3) is 3.34. The van der Waals surface area contributed by atoms with Gasteiger partial charge in [0.2, 0.25) is 0 Å². The zero-order valence-corrected chi connectivity index (χ0v) is 13.1. The average molecular weight is 303 g/mol. The minimum Gasteiger partial charge on any atom is -0.384 e. The average Bonchev–Trinajstić information content (AvgIpc) is 2.45. The molecule has 1 aromatic heterocycles. The number of hydrogen-bond donors (Lipinski definition) is 2. The zero-order valence-electron chi connectivity index (χ0n) is 12.4. The number of nitrogens with one attached hydrogen (secondary N) is 1. The number of benzene rings is 1. The van der Waals surface area contributed by atoms with Gasteiger partial charge in [0.1, 0.15) is 11.7 Å². The quantitative estimate of drug-likeness (QED) is 0.671. The minimum absolute atomic E-state index is 0.0163. The highest BCUT2D eigenvalue weighted by molar-refractivity contribution is 6.30. The summed E-state index contributed by atoms with van der Waals surface area (Å²) in [6.07, 6.45) is 0. The van der Waals surface area contributed by atoms with Crippen molar-refractivity contribution >= 4 is 23.3 Å². The second kappa shape index (κ2) is 6.14. The summed E-state index contributed by atoms with van der Waals surface area (Å²) in [7, 11) is 1.94. The van der Waals surface area contributed by atoms with Gasteiger partial charge in [0.05, 0.1) is 11.6 Å². The molecule has 0 aliphatic rings. The highest BCUT2D eigenvalue weighted by atomic mass is 35.5. The van der Waals surface area contributed by atoms with Crippen molar-refractivity contribution in [2.75, 3.05) is 11.9 Å². The lowest BCUT2D eigenvalue weighted by molar-refractivity contribution is 0.726. The molecule has 0 spiro atoms. The standard InChI is InChI=1S/C16H19ClN4/c1-10-7-8-14(15(18)19)16(20-10)21(3)11(2)12-5-4-6-13(17)9-12/h4-9,11H,1-3H3,(H3,18,19). The Hall–Kier alpha value is -2.07. The molecule has 0 aliphatic carbocycles. The van der Waals surface area contributed by atoms with Gasteiger partial charge >= 0.3 is 0 Å². The van der Waals surface area contributed by atoms with Crippen molar-refractivity contribution in [1.29, 1.82) is 5.41 Å². The maximum absolute atomic E-state index is 7.71. The Morgan fingerprint density at radius 3 is 2.67 bits per heavy atom. The number of rotatable bonds is 4. The molecule has 0 saturated heterocycles. The van der Waals surface area contributed by atoms with Crippen LogP contribution in [-0.2, 0) is 0 Å². The van der Waals surface area contributed by atoms with E-state index in [0.717, 1.165) is 11.3 Å². The molecular formula is C16H19ClN4. The highest BCUT2D eigenvalue weighted by Gasteiger charge is 2.18. The highest BCUT2D eigenvalue weighted by Crippen LogP contribution is 2.28. The Bertz CT molecular complexity index is 669. The summed E-state index contributed by atoms with van der Waals surface area (Å²) in [4.78, 5) is 6.54. The molecule has 0 bridgehead atoms. The molecular weight excluding hydrogens is 284 g/mol. The fraction of sp³-hybridized carbons (Fsp3) is 0.250. The van der Waals surface area contributed by atoms with Gasteiger partial charge in [-0.25, -0.2) is 4.98 Å². The number of nitrogen functional groups attached to an aromatic ring is 1. The number of nitrogens with zero attached hydrogens (tertiary/aromatic N) is 2. The van der Waals surface area contributed by atoms with Crippen LogP contribution in [0.5, 0.6) is 0 Å². The fourth-order valence-electron chi connectivity index (χ4n) is 2.20. The molecule has 2 rings (SSSR count). The first-order valence-corrected chi connectivity index (χ1v) is 7.08. The van der Waals surface area contributed by atoms with Crippen molar-refractivity contribution < 1.29 is 0 Å². The van der Waals surface area contributed by atoms with Gasteiger partial charge in [-0.05, 0) is 43.7 Å². The van der Waals surface area contributed by atoms with Gasteiger partial charge in [-0.1, -0.05) is 23.7 Å². The third-order valence-corrected chi connectivity index (χ3v) is 3.79. The molecule has 1 heterocycles. The Balaban J connectivity index is 2.41. The van der Waals surface area contributed by atoms with Crippen LogP contribution >= 0.6 is 11.6 Å². The van der Waals surface area contributed by atoms with Gasteiger partial charge in [-0.15, -0.1) is 0 Å². The molecule has 1 aromatic carbocycles. The third-order valence-electron chi connectivity index (χ3n) is 3.55.